The first-order valence-corrected chi connectivity index (χ1v) is 7.32. The minimum atomic E-state index is 0.456. The van der Waals surface area contributed by atoms with Crippen LogP contribution in [0.3, 0.4) is 0 Å². The second kappa shape index (κ2) is 7.57. The van der Waals surface area contributed by atoms with Crippen molar-refractivity contribution in [2.24, 2.45) is 5.92 Å². The standard InChI is InChI=1S/C15H29N3/c1-6-10-16-15(12(2)3)8-7-14-9-11-18(17-14)13(4)5/h9,11-13,15-16H,6-8,10H2,1-5H3. The molecule has 18 heavy (non-hydrogen) atoms. The first kappa shape index (κ1) is 15.2. The van der Waals surface area contributed by atoms with Crippen molar-refractivity contribution in [2.75, 3.05) is 6.54 Å². The Labute approximate surface area is 112 Å². The van der Waals surface area contributed by atoms with Crippen molar-refractivity contribution >= 4 is 0 Å². The molecular formula is C15H29N3. The molecule has 0 saturated heterocycles. The Morgan fingerprint density at radius 1 is 1.28 bits per heavy atom. The average Bonchev–Trinajstić information content (AvgIpc) is 2.77. The summed E-state index contributed by atoms with van der Waals surface area (Å²) in [5.41, 5.74) is 1.22. The van der Waals surface area contributed by atoms with Gasteiger partial charge in [-0.05, 0) is 51.6 Å². The van der Waals surface area contributed by atoms with E-state index in [1.165, 1.54) is 18.5 Å². The highest BCUT2D eigenvalue weighted by Crippen LogP contribution is 2.11. The summed E-state index contributed by atoms with van der Waals surface area (Å²) in [6.45, 7) is 12.2. The number of aromatic nitrogens is 2. The van der Waals surface area contributed by atoms with Gasteiger partial charge in [0.25, 0.3) is 0 Å². The smallest absolute Gasteiger partial charge is 0.0625 e. The van der Waals surface area contributed by atoms with E-state index in [-0.39, 0.29) is 0 Å². The molecule has 1 rings (SSSR count). The van der Waals surface area contributed by atoms with Crippen molar-refractivity contribution in [3.8, 4) is 0 Å². The number of hydrogen-bond donors (Lipinski definition) is 1. The van der Waals surface area contributed by atoms with E-state index in [0.717, 1.165) is 13.0 Å². The number of hydrogen-bond acceptors (Lipinski definition) is 2. The summed E-state index contributed by atoms with van der Waals surface area (Å²) in [6.07, 6.45) is 5.53. The van der Waals surface area contributed by atoms with E-state index in [1.807, 2.05) is 4.68 Å². The first-order valence-electron chi connectivity index (χ1n) is 7.32. The van der Waals surface area contributed by atoms with Crippen LogP contribution < -0.4 is 5.32 Å². The van der Waals surface area contributed by atoms with Gasteiger partial charge in [-0.2, -0.15) is 5.10 Å². The molecule has 0 spiro atoms. The predicted molar refractivity (Wildman–Crippen MR) is 77.9 cm³/mol. The van der Waals surface area contributed by atoms with Crippen LogP contribution >= 0.6 is 0 Å². The summed E-state index contributed by atoms with van der Waals surface area (Å²) in [6, 6.07) is 3.21. The molecular weight excluding hydrogens is 222 g/mol. The van der Waals surface area contributed by atoms with Gasteiger partial charge in [0.2, 0.25) is 0 Å². The lowest BCUT2D eigenvalue weighted by Crippen LogP contribution is -2.34. The van der Waals surface area contributed by atoms with E-state index in [1.54, 1.807) is 0 Å². The van der Waals surface area contributed by atoms with Gasteiger partial charge in [-0.25, -0.2) is 0 Å². The minimum Gasteiger partial charge on any atom is -0.314 e. The van der Waals surface area contributed by atoms with Gasteiger partial charge in [-0.15, -0.1) is 0 Å². The van der Waals surface area contributed by atoms with Crippen molar-refractivity contribution in [1.82, 2.24) is 15.1 Å². The zero-order valence-corrected chi connectivity index (χ0v) is 12.6. The Balaban J connectivity index is 2.45. The van der Waals surface area contributed by atoms with Crippen LogP contribution in [0.1, 0.15) is 59.2 Å². The molecule has 0 saturated carbocycles. The Hall–Kier alpha value is -0.830. The molecule has 0 radical (unpaired) electrons. The lowest BCUT2D eigenvalue weighted by molar-refractivity contribution is 0.376. The summed E-state index contributed by atoms with van der Waals surface area (Å²) >= 11 is 0. The molecule has 1 aromatic rings. The molecule has 3 heteroatoms. The quantitative estimate of drug-likeness (QED) is 0.767. The van der Waals surface area contributed by atoms with Crippen LogP contribution in [0.4, 0.5) is 0 Å². The van der Waals surface area contributed by atoms with Crippen molar-refractivity contribution in [3.63, 3.8) is 0 Å². The Morgan fingerprint density at radius 3 is 2.50 bits per heavy atom. The monoisotopic (exact) mass is 251 g/mol. The van der Waals surface area contributed by atoms with Gasteiger partial charge in [-0.3, -0.25) is 4.68 Å². The van der Waals surface area contributed by atoms with Gasteiger partial charge >= 0.3 is 0 Å². The first-order chi connectivity index (χ1) is 8.54. The molecule has 0 bridgehead atoms. The predicted octanol–water partition coefficient (Wildman–Crippen LogP) is 3.42. The Morgan fingerprint density at radius 2 is 2.00 bits per heavy atom. The van der Waals surface area contributed by atoms with Crippen LogP contribution in [0.5, 0.6) is 0 Å². The lowest BCUT2D eigenvalue weighted by atomic mass is 9.98. The maximum absolute atomic E-state index is 4.61. The topological polar surface area (TPSA) is 29.9 Å². The second-order valence-electron chi connectivity index (χ2n) is 5.72. The van der Waals surface area contributed by atoms with E-state index in [9.17, 15) is 0 Å². The van der Waals surface area contributed by atoms with Crippen molar-refractivity contribution in [2.45, 2.75) is 66.0 Å². The fraction of sp³-hybridized carbons (Fsp3) is 0.800. The van der Waals surface area contributed by atoms with E-state index in [4.69, 9.17) is 0 Å². The van der Waals surface area contributed by atoms with Crippen LogP contribution in [0.2, 0.25) is 0 Å². The minimum absolute atomic E-state index is 0.456. The van der Waals surface area contributed by atoms with Gasteiger partial charge in [0.1, 0.15) is 0 Å². The van der Waals surface area contributed by atoms with Crippen LogP contribution in [0.15, 0.2) is 12.3 Å². The fourth-order valence-corrected chi connectivity index (χ4v) is 2.10. The molecule has 3 nitrogen and oxygen atoms in total. The molecule has 1 unspecified atom stereocenters. The van der Waals surface area contributed by atoms with Crippen LogP contribution in [-0.4, -0.2) is 22.4 Å². The maximum Gasteiger partial charge on any atom is 0.0625 e. The van der Waals surface area contributed by atoms with Crippen LogP contribution in [-0.2, 0) is 6.42 Å². The molecule has 1 aromatic heterocycles. The van der Waals surface area contributed by atoms with E-state index in [2.05, 4.69) is 57.3 Å². The van der Waals surface area contributed by atoms with Crippen LogP contribution in [0.25, 0.3) is 0 Å². The number of nitrogens with one attached hydrogen (secondary N) is 1. The highest BCUT2D eigenvalue weighted by molar-refractivity contribution is 5.00. The molecule has 1 heterocycles. The largest absolute Gasteiger partial charge is 0.314 e. The van der Waals surface area contributed by atoms with Gasteiger partial charge in [-0.1, -0.05) is 20.8 Å². The second-order valence-corrected chi connectivity index (χ2v) is 5.72. The summed E-state index contributed by atoms with van der Waals surface area (Å²) < 4.78 is 2.04. The third kappa shape index (κ3) is 4.81. The number of rotatable bonds is 8. The summed E-state index contributed by atoms with van der Waals surface area (Å²) in [5.74, 6) is 0.684. The third-order valence-electron chi connectivity index (χ3n) is 3.37. The number of aryl methyl sites for hydroxylation is 1. The SMILES string of the molecule is CCCNC(CCc1ccn(C(C)C)n1)C(C)C. The maximum atomic E-state index is 4.61. The fourth-order valence-electron chi connectivity index (χ4n) is 2.10. The summed E-state index contributed by atoms with van der Waals surface area (Å²) in [4.78, 5) is 0. The molecule has 0 amide bonds. The molecule has 0 aliphatic carbocycles. The molecule has 0 aliphatic heterocycles. The van der Waals surface area contributed by atoms with Crippen molar-refractivity contribution in [3.05, 3.63) is 18.0 Å². The summed E-state index contributed by atoms with van der Waals surface area (Å²) in [7, 11) is 0. The highest BCUT2D eigenvalue weighted by Gasteiger charge is 2.13. The third-order valence-corrected chi connectivity index (χ3v) is 3.37. The van der Waals surface area contributed by atoms with Crippen LogP contribution in [0, 0.1) is 5.92 Å². The summed E-state index contributed by atoms with van der Waals surface area (Å²) in [5, 5.41) is 8.24. The van der Waals surface area contributed by atoms with Crippen molar-refractivity contribution < 1.29 is 0 Å². The van der Waals surface area contributed by atoms with Crippen molar-refractivity contribution in [1.29, 1.82) is 0 Å². The molecule has 104 valence electrons. The zero-order chi connectivity index (χ0) is 13.5. The normalized spacial score (nSPS) is 13.5. The average molecular weight is 251 g/mol. The van der Waals surface area contributed by atoms with Gasteiger partial charge < -0.3 is 5.32 Å². The molecule has 1 N–H and O–H groups in total. The van der Waals surface area contributed by atoms with Gasteiger partial charge in [0.05, 0.1) is 5.69 Å². The Kier molecular flexibility index (Phi) is 6.41. The van der Waals surface area contributed by atoms with Gasteiger partial charge in [0, 0.05) is 18.3 Å². The van der Waals surface area contributed by atoms with Gasteiger partial charge in [0.15, 0.2) is 0 Å². The zero-order valence-electron chi connectivity index (χ0n) is 12.6. The molecule has 0 aromatic carbocycles. The number of nitrogens with zero attached hydrogens (tertiary/aromatic N) is 2. The van der Waals surface area contributed by atoms with E-state index >= 15 is 0 Å². The molecule has 0 fully saturated rings. The lowest BCUT2D eigenvalue weighted by Gasteiger charge is -2.21. The Bertz CT molecular complexity index is 328. The molecule has 1 atom stereocenters. The highest BCUT2D eigenvalue weighted by atomic mass is 15.3. The molecule has 0 aliphatic rings. The van der Waals surface area contributed by atoms with E-state index < -0.39 is 0 Å². The van der Waals surface area contributed by atoms with E-state index in [0.29, 0.717) is 18.0 Å².